The number of halogens is 6. The first-order valence-electron chi connectivity index (χ1n) is 10.9. The molecule has 1 spiro atoms. The summed E-state index contributed by atoms with van der Waals surface area (Å²) in [6.45, 7) is 7.10. The number of rotatable bonds is 3. The first kappa shape index (κ1) is 29.3. The molecule has 7 nitrogen and oxygen atoms in total. The van der Waals surface area contributed by atoms with E-state index < -0.39 is 24.3 Å². The van der Waals surface area contributed by atoms with Gasteiger partial charge in [-0.15, -0.1) is 11.3 Å². The van der Waals surface area contributed by atoms with Crippen molar-refractivity contribution in [1.29, 1.82) is 0 Å². The van der Waals surface area contributed by atoms with Crippen LogP contribution in [0, 0.1) is 0 Å². The van der Waals surface area contributed by atoms with Gasteiger partial charge < -0.3 is 14.9 Å². The molecule has 1 unspecified atom stereocenters. The van der Waals surface area contributed by atoms with E-state index in [2.05, 4.69) is 27.3 Å². The quantitative estimate of drug-likeness (QED) is 0.561. The molecule has 3 aliphatic rings. The van der Waals surface area contributed by atoms with Gasteiger partial charge in [0.2, 0.25) is 0 Å². The van der Waals surface area contributed by atoms with Crippen LogP contribution in [0.15, 0.2) is 17.5 Å². The molecule has 0 aromatic carbocycles. The Balaban J connectivity index is 0.000000257. The summed E-state index contributed by atoms with van der Waals surface area (Å²) in [4.78, 5) is 24.6. The molecule has 1 aromatic heterocycles. The van der Waals surface area contributed by atoms with Gasteiger partial charge in [-0.25, -0.2) is 9.59 Å². The Kier molecular flexibility index (Phi) is 10.4. The van der Waals surface area contributed by atoms with E-state index in [1.807, 2.05) is 11.3 Å². The fourth-order valence-electron chi connectivity index (χ4n) is 4.25. The van der Waals surface area contributed by atoms with E-state index >= 15 is 0 Å². The number of ether oxygens (including phenoxy) is 1. The highest BCUT2D eigenvalue weighted by molar-refractivity contribution is 7.09. The van der Waals surface area contributed by atoms with Gasteiger partial charge in [-0.1, -0.05) is 6.07 Å². The number of carboxylic acid groups (broad SMARTS) is 2. The molecule has 14 heteroatoms. The number of thiophene rings is 1. The summed E-state index contributed by atoms with van der Waals surface area (Å²) in [5.41, 5.74) is 0.208. The van der Waals surface area contributed by atoms with Gasteiger partial charge in [0.1, 0.15) is 0 Å². The second kappa shape index (κ2) is 12.4. The van der Waals surface area contributed by atoms with Crippen molar-refractivity contribution in [2.75, 3.05) is 32.8 Å². The summed E-state index contributed by atoms with van der Waals surface area (Å²) in [5.74, 6) is -5.51. The molecule has 4 heterocycles. The standard InChI is InChI=1S/C17H26N2OS.2C2HF3O2/c1-2-8-19(7-1)15-12-17(20-14-15)5-9-18(10-6-17)13-16-4-3-11-21-16;2*3-2(4,5)1(6)7/h3-4,11,15H,1-2,5-10,12-14H2;2*(H,6,7). The van der Waals surface area contributed by atoms with E-state index in [-0.39, 0.29) is 5.60 Å². The fourth-order valence-corrected chi connectivity index (χ4v) is 5.00. The fraction of sp³-hybridized carbons (Fsp3) is 0.714. The molecule has 0 bridgehead atoms. The van der Waals surface area contributed by atoms with Crippen LogP contribution in [-0.2, 0) is 20.9 Å². The normalized spacial score (nSPS) is 22.7. The molecule has 35 heavy (non-hydrogen) atoms. The maximum Gasteiger partial charge on any atom is 0.490 e. The SMILES string of the molecule is O=C(O)C(F)(F)F.O=C(O)C(F)(F)F.c1csc(CN2CCC3(CC2)CC(N2CCCC2)CO3)c1. The number of nitrogens with zero attached hydrogens (tertiary/aromatic N) is 2. The van der Waals surface area contributed by atoms with Crippen molar-refractivity contribution < 1.29 is 50.9 Å². The molecule has 0 radical (unpaired) electrons. The molecule has 1 aromatic rings. The lowest BCUT2D eigenvalue weighted by molar-refractivity contribution is -0.193. The topological polar surface area (TPSA) is 90.3 Å². The summed E-state index contributed by atoms with van der Waals surface area (Å²) in [6.07, 6.45) is -3.67. The first-order chi connectivity index (χ1) is 16.2. The summed E-state index contributed by atoms with van der Waals surface area (Å²) < 4.78 is 69.8. The van der Waals surface area contributed by atoms with Gasteiger partial charge in [0, 0.05) is 30.6 Å². The molecule has 3 saturated heterocycles. The Hall–Kier alpha value is -1.90. The number of aliphatic carboxylic acids is 2. The lowest BCUT2D eigenvalue weighted by atomic mass is 9.87. The van der Waals surface area contributed by atoms with Gasteiger partial charge in [-0.3, -0.25) is 9.80 Å². The minimum atomic E-state index is -5.08. The van der Waals surface area contributed by atoms with Crippen LogP contribution in [0.3, 0.4) is 0 Å². The number of hydrogen-bond acceptors (Lipinski definition) is 6. The van der Waals surface area contributed by atoms with Gasteiger partial charge in [0.25, 0.3) is 0 Å². The predicted molar refractivity (Wildman–Crippen MR) is 114 cm³/mol. The average Bonchev–Trinajstić information content (AvgIpc) is 3.52. The molecule has 0 saturated carbocycles. The zero-order chi connectivity index (χ0) is 26.3. The second-order valence-corrected chi connectivity index (χ2v) is 9.59. The Morgan fingerprint density at radius 3 is 1.94 bits per heavy atom. The zero-order valence-electron chi connectivity index (χ0n) is 18.8. The van der Waals surface area contributed by atoms with Crippen LogP contribution in [0.1, 0.15) is 37.0 Å². The number of hydrogen-bond donors (Lipinski definition) is 2. The van der Waals surface area contributed by atoms with E-state index in [1.54, 1.807) is 0 Å². The zero-order valence-corrected chi connectivity index (χ0v) is 19.6. The maximum atomic E-state index is 10.6. The van der Waals surface area contributed by atoms with Crippen LogP contribution in [-0.4, -0.2) is 88.7 Å². The van der Waals surface area contributed by atoms with E-state index in [9.17, 15) is 26.3 Å². The molecule has 3 aliphatic heterocycles. The predicted octanol–water partition coefficient (Wildman–Crippen LogP) is 4.23. The van der Waals surface area contributed by atoms with Crippen molar-refractivity contribution in [1.82, 2.24) is 9.80 Å². The summed E-state index contributed by atoms with van der Waals surface area (Å²) >= 11 is 1.88. The summed E-state index contributed by atoms with van der Waals surface area (Å²) in [6, 6.07) is 5.12. The van der Waals surface area contributed by atoms with Crippen LogP contribution in [0.5, 0.6) is 0 Å². The molecule has 3 fully saturated rings. The van der Waals surface area contributed by atoms with Crippen molar-refractivity contribution in [3.63, 3.8) is 0 Å². The number of likely N-dealkylation sites (tertiary alicyclic amines) is 2. The average molecular weight is 535 g/mol. The number of piperidine rings is 1. The van der Waals surface area contributed by atoms with E-state index in [1.165, 1.54) is 63.2 Å². The largest absolute Gasteiger partial charge is 0.490 e. The highest BCUT2D eigenvalue weighted by Crippen LogP contribution is 2.38. The lowest BCUT2D eigenvalue weighted by Crippen LogP contribution is -2.44. The van der Waals surface area contributed by atoms with Gasteiger partial charge in [0.05, 0.1) is 12.2 Å². The van der Waals surface area contributed by atoms with Crippen molar-refractivity contribution in [3.8, 4) is 0 Å². The van der Waals surface area contributed by atoms with Crippen molar-refractivity contribution in [2.24, 2.45) is 0 Å². The van der Waals surface area contributed by atoms with Crippen molar-refractivity contribution in [3.05, 3.63) is 22.4 Å². The highest BCUT2D eigenvalue weighted by Gasteiger charge is 2.44. The second-order valence-electron chi connectivity index (χ2n) is 8.56. The third-order valence-electron chi connectivity index (χ3n) is 6.06. The Labute approximate surface area is 202 Å². The molecule has 4 rings (SSSR count). The van der Waals surface area contributed by atoms with Crippen LogP contribution < -0.4 is 0 Å². The Morgan fingerprint density at radius 2 is 1.51 bits per heavy atom. The molecule has 1 atom stereocenters. The number of alkyl halides is 6. The monoisotopic (exact) mass is 534 g/mol. The van der Waals surface area contributed by atoms with Crippen LogP contribution in [0.25, 0.3) is 0 Å². The van der Waals surface area contributed by atoms with Crippen molar-refractivity contribution >= 4 is 23.3 Å². The van der Waals surface area contributed by atoms with Crippen LogP contribution in [0.4, 0.5) is 26.3 Å². The maximum absolute atomic E-state index is 10.6. The molecular weight excluding hydrogens is 506 g/mol. The molecule has 2 N–H and O–H groups in total. The smallest absolute Gasteiger partial charge is 0.475 e. The number of carboxylic acids is 2. The van der Waals surface area contributed by atoms with Gasteiger partial charge >= 0.3 is 24.3 Å². The van der Waals surface area contributed by atoms with Gasteiger partial charge in [-0.2, -0.15) is 26.3 Å². The highest BCUT2D eigenvalue weighted by atomic mass is 32.1. The minimum absolute atomic E-state index is 0.208. The van der Waals surface area contributed by atoms with Crippen molar-refractivity contribution in [2.45, 2.75) is 62.6 Å². The van der Waals surface area contributed by atoms with E-state index in [4.69, 9.17) is 24.5 Å². The van der Waals surface area contributed by atoms with E-state index in [0.717, 1.165) is 13.2 Å². The third kappa shape index (κ3) is 9.58. The molecular formula is C21H28F6N2O5S. The van der Waals surface area contributed by atoms with Crippen LogP contribution in [0.2, 0.25) is 0 Å². The Morgan fingerprint density at radius 1 is 1.00 bits per heavy atom. The molecule has 200 valence electrons. The van der Waals surface area contributed by atoms with Crippen LogP contribution >= 0.6 is 11.3 Å². The lowest BCUT2D eigenvalue weighted by Gasteiger charge is -2.38. The molecule has 0 amide bonds. The van der Waals surface area contributed by atoms with Gasteiger partial charge in [0.15, 0.2) is 0 Å². The third-order valence-corrected chi connectivity index (χ3v) is 6.92. The molecule has 0 aliphatic carbocycles. The first-order valence-corrected chi connectivity index (χ1v) is 11.8. The van der Waals surface area contributed by atoms with E-state index in [0.29, 0.717) is 6.04 Å². The summed E-state index contributed by atoms with van der Waals surface area (Å²) in [7, 11) is 0. The summed E-state index contributed by atoms with van der Waals surface area (Å²) in [5, 5.41) is 16.4. The minimum Gasteiger partial charge on any atom is -0.475 e. The Bertz CT molecular complexity index is 780. The van der Waals surface area contributed by atoms with Gasteiger partial charge in [-0.05, 0) is 56.6 Å². The number of carbonyl (C=O) groups is 2.